The number of nitrogens with zero attached hydrogens (tertiary/aromatic N) is 1. The topological polar surface area (TPSA) is 62.8 Å². The second-order valence-corrected chi connectivity index (χ2v) is 7.90. The lowest BCUT2D eigenvalue weighted by atomic mass is 10.2. The molecule has 2 heterocycles. The first-order valence-electron chi connectivity index (χ1n) is 6.97. The Kier molecular flexibility index (Phi) is 3.28. The number of fused-ring (bicyclic) bond motifs is 1. The van der Waals surface area contributed by atoms with Crippen LogP contribution in [0.1, 0.15) is 0 Å². The maximum atomic E-state index is 12.7. The van der Waals surface area contributed by atoms with E-state index in [1.54, 1.807) is 53.9 Å². The average Bonchev–Trinajstić information content (AvgIpc) is 3.24. The molecule has 0 saturated heterocycles. The zero-order valence-corrected chi connectivity index (χ0v) is 13.6. The van der Waals surface area contributed by atoms with Gasteiger partial charge in [0.15, 0.2) is 0 Å². The molecule has 2 aromatic heterocycles. The van der Waals surface area contributed by atoms with Gasteiger partial charge in [-0.1, -0.05) is 18.2 Å². The van der Waals surface area contributed by atoms with Crippen molar-refractivity contribution < 1.29 is 8.42 Å². The van der Waals surface area contributed by atoms with Crippen LogP contribution in [-0.4, -0.2) is 18.4 Å². The first kappa shape index (κ1) is 14.2. The summed E-state index contributed by atoms with van der Waals surface area (Å²) in [5, 5.41) is 3.89. The standard InChI is InChI=1S/C17H12N2O2S2/c20-23(21,14-4-2-1-3-5-14)16-11-13-10-12(6-7-15(13)19-16)17-18-8-9-22-17/h1-11,19H. The molecule has 1 N–H and O–H groups in total. The van der Waals surface area contributed by atoms with Crippen molar-refractivity contribution in [3.8, 4) is 10.6 Å². The molecule has 0 aliphatic rings. The molecule has 0 amide bonds. The van der Waals surface area contributed by atoms with Crippen molar-refractivity contribution in [2.75, 3.05) is 0 Å². The van der Waals surface area contributed by atoms with E-state index >= 15 is 0 Å². The number of nitrogens with one attached hydrogen (secondary N) is 1. The molecule has 4 nitrogen and oxygen atoms in total. The molecular formula is C17H12N2O2S2. The van der Waals surface area contributed by atoms with Gasteiger partial charge in [0.25, 0.3) is 0 Å². The van der Waals surface area contributed by atoms with Crippen LogP contribution in [0.5, 0.6) is 0 Å². The number of aromatic amines is 1. The molecule has 4 rings (SSSR count). The van der Waals surface area contributed by atoms with Crippen molar-refractivity contribution in [3.05, 3.63) is 66.2 Å². The van der Waals surface area contributed by atoms with Gasteiger partial charge in [-0.25, -0.2) is 13.4 Å². The molecule has 4 aromatic rings. The highest BCUT2D eigenvalue weighted by Gasteiger charge is 2.19. The van der Waals surface area contributed by atoms with E-state index < -0.39 is 9.84 Å². The molecule has 23 heavy (non-hydrogen) atoms. The summed E-state index contributed by atoms with van der Waals surface area (Å²) in [5.74, 6) is 0. The Balaban J connectivity index is 1.84. The second-order valence-electron chi connectivity index (χ2n) is 5.09. The minimum Gasteiger partial charge on any atom is -0.345 e. The van der Waals surface area contributed by atoms with E-state index in [1.807, 2.05) is 23.6 Å². The summed E-state index contributed by atoms with van der Waals surface area (Å²) in [6.45, 7) is 0. The maximum Gasteiger partial charge on any atom is 0.221 e. The van der Waals surface area contributed by atoms with Crippen molar-refractivity contribution in [2.24, 2.45) is 0 Å². The second kappa shape index (κ2) is 5.33. The van der Waals surface area contributed by atoms with Crippen LogP contribution in [0.2, 0.25) is 0 Å². The molecule has 0 atom stereocenters. The summed E-state index contributed by atoms with van der Waals surface area (Å²) < 4.78 is 25.4. The lowest BCUT2D eigenvalue weighted by molar-refractivity contribution is 0.593. The molecule has 0 aliphatic heterocycles. The van der Waals surface area contributed by atoms with Crippen LogP contribution < -0.4 is 0 Å². The van der Waals surface area contributed by atoms with Crippen molar-refractivity contribution in [1.29, 1.82) is 0 Å². The number of hydrogen-bond donors (Lipinski definition) is 1. The van der Waals surface area contributed by atoms with Gasteiger partial charge in [0.1, 0.15) is 10.0 Å². The first-order chi connectivity index (χ1) is 11.1. The van der Waals surface area contributed by atoms with E-state index in [9.17, 15) is 8.42 Å². The van der Waals surface area contributed by atoms with Gasteiger partial charge in [-0.05, 0) is 36.4 Å². The SMILES string of the molecule is O=S(=O)(c1ccccc1)c1cc2cc(-c3nccs3)ccc2[nH]1. The van der Waals surface area contributed by atoms with Crippen molar-refractivity contribution in [1.82, 2.24) is 9.97 Å². The molecule has 0 unspecified atom stereocenters. The fourth-order valence-corrected chi connectivity index (χ4v) is 4.41. The summed E-state index contributed by atoms with van der Waals surface area (Å²) in [7, 11) is -3.54. The summed E-state index contributed by atoms with van der Waals surface area (Å²) >= 11 is 1.55. The van der Waals surface area contributed by atoms with Crippen molar-refractivity contribution >= 4 is 32.1 Å². The number of hydrogen-bond acceptors (Lipinski definition) is 4. The lowest BCUT2D eigenvalue weighted by Gasteiger charge is -2.00. The van der Waals surface area contributed by atoms with Crippen LogP contribution >= 0.6 is 11.3 Å². The van der Waals surface area contributed by atoms with Crippen LogP contribution in [0.4, 0.5) is 0 Å². The minimum atomic E-state index is -3.54. The van der Waals surface area contributed by atoms with Crippen LogP contribution in [0.3, 0.4) is 0 Å². The number of thiazole rings is 1. The summed E-state index contributed by atoms with van der Waals surface area (Å²) in [6, 6.07) is 15.9. The Labute approximate surface area is 137 Å². The molecule has 0 fully saturated rings. The highest BCUT2D eigenvalue weighted by Crippen LogP contribution is 2.29. The molecule has 2 aromatic carbocycles. The Hall–Kier alpha value is -2.44. The summed E-state index contributed by atoms with van der Waals surface area (Å²) in [6.07, 6.45) is 1.76. The Morgan fingerprint density at radius 2 is 1.83 bits per heavy atom. The lowest BCUT2D eigenvalue weighted by Crippen LogP contribution is -2.01. The summed E-state index contributed by atoms with van der Waals surface area (Å²) in [5.41, 5.74) is 1.77. The molecule has 0 spiro atoms. The number of H-pyrrole nitrogens is 1. The Morgan fingerprint density at radius 1 is 1.00 bits per heavy atom. The van der Waals surface area contributed by atoms with Gasteiger partial charge in [-0.15, -0.1) is 11.3 Å². The largest absolute Gasteiger partial charge is 0.345 e. The third kappa shape index (κ3) is 2.46. The number of sulfone groups is 1. The summed E-state index contributed by atoms with van der Waals surface area (Å²) in [4.78, 5) is 7.57. The van der Waals surface area contributed by atoms with Crippen LogP contribution in [0.25, 0.3) is 21.5 Å². The fraction of sp³-hybridized carbons (Fsp3) is 0. The molecule has 0 saturated carbocycles. The predicted molar refractivity (Wildman–Crippen MR) is 91.3 cm³/mol. The predicted octanol–water partition coefficient (Wildman–Crippen LogP) is 4.12. The van der Waals surface area contributed by atoms with Gasteiger partial charge in [-0.2, -0.15) is 0 Å². The van der Waals surface area contributed by atoms with Gasteiger partial charge < -0.3 is 4.98 Å². The quantitative estimate of drug-likeness (QED) is 0.610. The number of rotatable bonds is 3. The van der Waals surface area contributed by atoms with Gasteiger partial charge >= 0.3 is 0 Å². The molecule has 0 bridgehead atoms. The van der Waals surface area contributed by atoms with E-state index in [0.29, 0.717) is 0 Å². The van der Waals surface area contributed by atoms with Crippen LogP contribution in [0, 0.1) is 0 Å². The van der Waals surface area contributed by atoms with E-state index in [-0.39, 0.29) is 9.92 Å². The van der Waals surface area contributed by atoms with Crippen molar-refractivity contribution in [3.63, 3.8) is 0 Å². The average molecular weight is 340 g/mol. The number of aromatic nitrogens is 2. The molecule has 114 valence electrons. The number of benzene rings is 2. The third-order valence-corrected chi connectivity index (χ3v) is 6.13. The van der Waals surface area contributed by atoms with Gasteiger partial charge in [0, 0.05) is 28.0 Å². The van der Waals surface area contributed by atoms with E-state index in [1.165, 1.54) is 0 Å². The Bertz CT molecular complexity index is 1070. The first-order valence-corrected chi connectivity index (χ1v) is 9.34. The normalized spacial score (nSPS) is 11.8. The van der Waals surface area contributed by atoms with E-state index in [0.717, 1.165) is 21.5 Å². The Morgan fingerprint density at radius 3 is 2.57 bits per heavy atom. The van der Waals surface area contributed by atoms with Crippen LogP contribution in [0.15, 0.2) is 76.1 Å². The maximum absolute atomic E-state index is 12.7. The highest BCUT2D eigenvalue weighted by atomic mass is 32.2. The van der Waals surface area contributed by atoms with E-state index in [4.69, 9.17) is 0 Å². The minimum absolute atomic E-state index is 0.204. The van der Waals surface area contributed by atoms with E-state index in [2.05, 4.69) is 9.97 Å². The smallest absolute Gasteiger partial charge is 0.221 e. The zero-order chi connectivity index (χ0) is 15.9. The molecule has 6 heteroatoms. The molecule has 0 radical (unpaired) electrons. The molecule has 0 aliphatic carbocycles. The van der Waals surface area contributed by atoms with Crippen molar-refractivity contribution in [2.45, 2.75) is 9.92 Å². The van der Waals surface area contributed by atoms with Crippen LogP contribution in [-0.2, 0) is 9.84 Å². The third-order valence-electron chi connectivity index (χ3n) is 3.62. The fourth-order valence-electron chi connectivity index (χ4n) is 2.48. The molecular weight excluding hydrogens is 328 g/mol. The van der Waals surface area contributed by atoms with Gasteiger partial charge in [-0.3, -0.25) is 0 Å². The monoisotopic (exact) mass is 340 g/mol. The van der Waals surface area contributed by atoms with Gasteiger partial charge in [0.2, 0.25) is 9.84 Å². The highest BCUT2D eigenvalue weighted by molar-refractivity contribution is 7.91. The van der Waals surface area contributed by atoms with Gasteiger partial charge in [0.05, 0.1) is 4.90 Å². The zero-order valence-electron chi connectivity index (χ0n) is 11.9.